The molecule has 0 unspecified atom stereocenters. The first-order valence-corrected chi connectivity index (χ1v) is 10.7. The number of rotatable bonds is 5. The molecule has 0 aliphatic carbocycles. The van der Waals surface area contributed by atoms with E-state index in [0.717, 1.165) is 48.3 Å². The molecule has 4 rings (SSSR count). The molecule has 0 atom stereocenters. The minimum absolute atomic E-state index is 0.276. The van der Waals surface area contributed by atoms with Gasteiger partial charge in [0.25, 0.3) is 0 Å². The summed E-state index contributed by atoms with van der Waals surface area (Å²) in [5.41, 5.74) is 5.88. The van der Waals surface area contributed by atoms with Crippen molar-refractivity contribution in [3.8, 4) is 0 Å². The predicted octanol–water partition coefficient (Wildman–Crippen LogP) is 4.35. The van der Waals surface area contributed by atoms with E-state index >= 15 is 0 Å². The van der Waals surface area contributed by atoms with Gasteiger partial charge in [0.2, 0.25) is 0 Å². The van der Waals surface area contributed by atoms with Crippen LogP contribution in [0.2, 0.25) is 0 Å². The number of piperazine rings is 1. The van der Waals surface area contributed by atoms with Gasteiger partial charge < -0.3 is 9.64 Å². The van der Waals surface area contributed by atoms with Gasteiger partial charge in [-0.1, -0.05) is 30.3 Å². The van der Waals surface area contributed by atoms with Crippen LogP contribution in [0.4, 0.5) is 5.69 Å². The van der Waals surface area contributed by atoms with Crippen molar-refractivity contribution in [2.24, 2.45) is 0 Å². The van der Waals surface area contributed by atoms with Gasteiger partial charge in [-0.3, -0.25) is 9.88 Å². The Labute approximate surface area is 178 Å². The number of aryl methyl sites for hydroxylation is 2. The number of carbonyl (C=O) groups is 1. The number of nitrogens with zero attached hydrogens (tertiary/aromatic N) is 3. The molecule has 5 heteroatoms. The van der Waals surface area contributed by atoms with E-state index in [0.29, 0.717) is 18.7 Å². The molecule has 1 saturated heterocycles. The fourth-order valence-electron chi connectivity index (χ4n) is 4.23. The van der Waals surface area contributed by atoms with Crippen LogP contribution in [0, 0.1) is 13.8 Å². The van der Waals surface area contributed by atoms with E-state index < -0.39 is 0 Å². The first-order valence-electron chi connectivity index (χ1n) is 10.7. The fraction of sp³-hybridized carbons (Fsp3) is 0.360. The molecule has 0 spiro atoms. The predicted molar refractivity (Wildman–Crippen MR) is 121 cm³/mol. The van der Waals surface area contributed by atoms with Crippen molar-refractivity contribution in [3.05, 3.63) is 70.9 Å². The van der Waals surface area contributed by atoms with Crippen LogP contribution in [-0.2, 0) is 11.3 Å². The topological polar surface area (TPSA) is 45.7 Å². The van der Waals surface area contributed by atoms with Crippen molar-refractivity contribution >= 4 is 22.6 Å². The van der Waals surface area contributed by atoms with Crippen LogP contribution >= 0.6 is 0 Å². The van der Waals surface area contributed by atoms with Crippen LogP contribution in [0.25, 0.3) is 10.9 Å². The zero-order valence-electron chi connectivity index (χ0n) is 18.0. The summed E-state index contributed by atoms with van der Waals surface area (Å²) in [7, 11) is 0. The smallest absolute Gasteiger partial charge is 0.340 e. The lowest BCUT2D eigenvalue weighted by Gasteiger charge is -2.36. The maximum absolute atomic E-state index is 12.8. The summed E-state index contributed by atoms with van der Waals surface area (Å²) in [5.74, 6) is -0.276. The number of benzene rings is 2. The third-order valence-electron chi connectivity index (χ3n) is 5.82. The van der Waals surface area contributed by atoms with Crippen LogP contribution < -0.4 is 4.90 Å². The zero-order chi connectivity index (χ0) is 21.1. The van der Waals surface area contributed by atoms with E-state index in [2.05, 4.69) is 41.0 Å². The van der Waals surface area contributed by atoms with Crippen molar-refractivity contribution < 1.29 is 9.53 Å². The van der Waals surface area contributed by atoms with Crippen molar-refractivity contribution in [3.63, 3.8) is 0 Å². The molecule has 0 saturated carbocycles. The van der Waals surface area contributed by atoms with Crippen LogP contribution in [0.1, 0.15) is 34.1 Å². The lowest BCUT2D eigenvalue weighted by Crippen LogP contribution is -2.46. The van der Waals surface area contributed by atoms with Gasteiger partial charge in [0, 0.05) is 43.8 Å². The van der Waals surface area contributed by atoms with Gasteiger partial charge in [-0.2, -0.15) is 0 Å². The molecule has 3 aromatic rings. The Morgan fingerprint density at radius 2 is 1.80 bits per heavy atom. The largest absolute Gasteiger partial charge is 0.462 e. The zero-order valence-corrected chi connectivity index (χ0v) is 18.0. The van der Waals surface area contributed by atoms with Gasteiger partial charge in [0.1, 0.15) is 0 Å². The summed E-state index contributed by atoms with van der Waals surface area (Å²) < 4.78 is 5.37. The highest BCUT2D eigenvalue weighted by molar-refractivity contribution is 5.98. The molecule has 1 fully saturated rings. The third-order valence-corrected chi connectivity index (χ3v) is 5.82. The number of ether oxygens (including phenoxy) is 1. The van der Waals surface area contributed by atoms with Gasteiger partial charge in [0.15, 0.2) is 0 Å². The molecule has 1 aliphatic heterocycles. The number of para-hydroxylation sites is 1. The van der Waals surface area contributed by atoms with E-state index in [9.17, 15) is 4.79 Å². The highest BCUT2D eigenvalue weighted by Crippen LogP contribution is 2.25. The van der Waals surface area contributed by atoms with Gasteiger partial charge in [-0.15, -0.1) is 0 Å². The Balaban J connectivity index is 1.56. The summed E-state index contributed by atoms with van der Waals surface area (Å²) in [4.78, 5) is 22.4. The van der Waals surface area contributed by atoms with E-state index in [1.165, 1.54) is 11.3 Å². The normalized spacial score (nSPS) is 14.8. The molecular weight excluding hydrogens is 374 g/mol. The minimum Gasteiger partial charge on any atom is -0.462 e. The number of esters is 1. The van der Waals surface area contributed by atoms with E-state index in [4.69, 9.17) is 9.72 Å². The summed E-state index contributed by atoms with van der Waals surface area (Å²) in [6.45, 7) is 10.8. The molecule has 30 heavy (non-hydrogen) atoms. The number of hydrogen-bond donors (Lipinski definition) is 0. The molecule has 1 aromatic heterocycles. The number of aromatic nitrogens is 1. The molecule has 2 heterocycles. The second-order valence-corrected chi connectivity index (χ2v) is 7.90. The monoisotopic (exact) mass is 403 g/mol. The third kappa shape index (κ3) is 4.17. The van der Waals surface area contributed by atoms with E-state index in [1.54, 1.807) is 0 Å². The Hall–Kier alpha value is -2.92. The number of fused-ring (bicyclic) bond motifs is 1. The van der Waals surface area contributed by atoms with E-state index in [-0.39, 0.29) is 5.97 Å². The molecular formula is C25H29N3O2. The summed E-state index contributed by atoms with van der Waals surface area (Å²) >= 11 is 0. The highest BCUT2D eigenvalue weighted by Gasteiger charge is 2.24. The highest BCUT2D eigenvalue weighted by atomic mass is 16.5. The minimum atomic E-state index is -0.276. The maximum Gasteiger partial charge on any atom is 0.340 e. The number of pyridine rings is 1. The lowest BCUT2D eigenvalue weighted by atomic mass is 10.0. The Morgan fingerprint density at radius 1 is 1.03 bits per heavy atom. The maximum atomic E-state index is 12.8. The average molecular weight is 404 g/mol. The van der Waals surface area contributed by atoms with Crippen LogP contribution in [0.15, 0.2) is 48.5 Å². The van der Waals surface area contributed by atoms with Gasteiger partial charge in [-0.25, -0.2) is 4.79 Å². The fourth-order valence-corrected chi connectivity index (χ4v) is 4.23. The number of anilines is 1. The number of carbonyl (C=O) groups excluding carboxylic acids is 1. The number of hydrogen-bond acceptors (Lipinski definition) is 5. The quantitative estimate of drug-likeness (QED) is 0.593. The summed E-state index contributed by atoms with van der Waals surface area (Å²) in [6.07, 6.45) is 0. The first kappa shape index (κ1) is 20.4. The van der Waals surface area contributed by atoms with Crippen molar-refractivity contribution in [2.75, 3.05) is 37.7 Å². The molecule has 0 amide bonds. The molecule has 2 aromatic carbocycles. The lowest BCUT2D eigenvalue weighted by molar-refractivity contribution is 0.0522. The first-order chi connectivity index (χ1) is 14.6. The molecule has 1 aliphatic rings. The van der Waals surface area contributed by atoms with Gasteiger partial charge in [0.05, 0.1) is 23.4 Å². The molecule has 0 bridgehead atoms. The molecule has 5 nitrogen and oxygen atoms in total. The van der Waals surface area contributed by atoms with E-state index in [1.807, 2.05) is 38.1 Å². The van der Waals surface area contributed by atoms with Crippen molar-refractivity contribution in [1.29, 1.82) is 0 Å². The van der Waals surface area contributed by atoms with Crippen molar-refractivity contribution in [2.45, 2.75) is 27.3 Å². The second kappa shape index (κ2) is 8.84. The summed E-state index contributed by atoms with van der Waals surface area (Å²) in [5, 5.41) is 1.01. The molecule has 156 valence electrons. The van der Waals surface area contributed by atoms with Gasteiger partial charge in [-0.05, 0) is 50.1 Å². The summed E-state index contributed by atoms with van der Waals surface area (Å²) in [6, 6.07) is 16.7. The SMILES string of the molecule is CCOC(=O)c1c(CN2CCN(c3cccc(C)c3)CC2)nc2ccccc2c1C. The standard InChI is InChI=1S/C25H29N3O2/c1-4-30-25(29)24-19(3)21-10-5-6-11-22(21)26-23(24)17-27-12-14-28(15-13-27)20-9-7-8-18(2)16-20/h5-11,16H,4,12-15,17H2,1-3H3. The molecule has 0 N–H and O–H groups in total. The average Bonchev–Trinajstić information content (AvgIpc) is 2.74. The van der Waals surface area contributed by atoms with Crippen molar-refractivity contribution in [1.82, 2.24) is 9.88 Å². The van der Waals surface area contributed by atoms with Gasteiger partial charge >= 0.3 is 5.97 Å². The Kier molecular flexibility index (Phi) is 6.00. The second-order valence-electron chi connectivity index (χ2n) is 7.90. The Morgan fingerprint density at radius 3 is 2.53 bits per heavy atom. The molecule has 0 radical (unpaired) electrons. The van der Waals surface area contributed by atoms with Crippen LogP contribution in [-0.4, -0.2) is 48.6 Å². The Bertz CT molecular complexity index is 1060. The van der Waals surface area contributed by atoms with Crippen LogP contribution in [0.5, 0.6) is 0 Å². The van der Waals surface area contributed by atoms with Crippen LogP contribution in [0.3, 0.4) is 0 Å².